The number of nitrogens with zero attached hydrogens (tertiary/aromatic N) is 1. The second-order valence-electron chi connectivity index (χ2n) is 6.21. The Kier molecular flexibility index (Phi) is 4.06. The molecule has 0 saturated heterocycles. The molecule has 0 unspecified atom stereocenters. The lowest BCUT2D eigenvalue weighted by atomic mass is 9.94. The highest BCUT2D eigenvalue weighted by atomic mass is 16.2. The summed E-state index contributed by atoms with van der Waals surface area (Å²) in [6.07, 6.45) is 6.20. The summed E-state index contributed by atoms with van der Waals surface area (Å²) in [6.45, 7) is 2.78. The summed E-state index contributed by atoms with van der Waals surface area (Å²) in [6, 6.07) is 6.15. The van der Waals surface area contributed by atoms with Crippen LogP contribution in [-0.2, 0) is 13.0 Å². The van der Waals surface area contributed by atoms with Crippen molar-refractivity contribution >= 4 is 5.91 Å². The van der Waals surface area contributed by atoms with Crippen LogP contribution in [0.3, 0.4) is 0 Å². The molecule has 0 aromatic heterocycles. The summed E-state index contributed by atoms with van der Waals surface area (Å²) < 4.78 is 0. The predicted molar refractivity (Wildman–Crippen MR) is 80.8 cm³/mol. The van der Waals surface area contributed by atoms with Gasteiger partial charge < -0.3 is 10.2 Å². The zero-order chi connectivity index (χ0) is 13.9. The number of amides is 1. The first-order valence-corrected chi connectivity index (χ1v) is 7.82. The molecule has 1 aromatic rings. The molecule has 1 fully saturated rings. The van der Waals surface area contributed by atoms with Crippen LogP contribution in [0.2, 0.25) is 0 Å². The third-order valence-corrected chi connectivity index (χ3v) is 4.72. The third-order valence-electron chi connectivity index (χ3n) is 4.72. The number of carbonyl (C=O) groups excluding carboxylic acids is 1. The molecule has 20 heavy (non-hydrogen) atoms. The lowest BCUT2D eigenvalue weighted by Gasteiger charge is -2.25. The van der Waals surface area contributed by atoms with Gasteiger partial charge in [0.25, 0.3) is 5.91 Å². The molecule has 3 nitrogen and oxygen atoms in total. The van der Waals surface area contributed by atoms with Gasteiger partial charge >= 0.3 is 0 Å². The molecule has 0 atom stereocenters. The van der Waals surface area contributed by atoms with Crippen LogP contribution in [0.4, 0.5) is 0 Å². The Morgan fingerprint density at radius 1 is 1.35 bits per heavy atom. The van der Waals surface area contributed by atoms with Crippen molar-refractivity contribution in [1.29, 1.82) is 0 Å². The van der Waals surface area contributed by atoms with Crippen LogP contribution in [0.5, 0.6) is 0 Å². The van der Waals surface area contributed by atoms with E-state index >= 15 is 0 Å². The van der Waals surface area contributed by atoms with Crippen LogP contribution in [0.1, 0.15) is 47.2 Å². The number of fused-ring (bicyclic) bond motifs is 1. The number of hydrogen-bond acceptors (Lipinski definition) is 2. The topological polar surface area (TPSA) is 32.3 Å². The van der Waals surface area contributed by atoms with Crippen LogP contribution in [0.25, 0.3) is 0 Å². The minimum atomic E-state index is 0.204. The van der Waals surface area contributed by atoms with E-state index in [1.54, 1.807) is 0 Å². The van der Waals surface area contributed by atoms with Crippen molar-refractivity contribution < 1.29 is 4.79 Å². The van der Waals surface area contributed by atoms with Gasteiger partial charge in [0.2, 0.25) is 0 Å². The van der Waals surface area contributed by atoms with Crippen LogP contribution in [-0.4, -0.2) is 30.9 Å². The minimum Gasteiger partial charge on any atom is -0.341 e. The van der Waals surface area contributed by atoms with E-state index < -0.39 is 0 Å². The van der Waals surface area contributed by atoms with Gasteiger partial charge in [0, 0.05) is 25.7 Å². The van der Waals surface area contributed by atoms with E-state index in [0.717, 1.165) is 31.6 Å². The van der Waals surface area contributed by atoms with E-state index in [1.165, 1.54) is 36.8 Å². The zero-order valence-electron chi connectivity index (χ0n) is 12.3. The van der Waals surface area contributed by atoms with Crippen LogP contribution in [0.15, 0.2) is 18.2 Å². The van der Waals surface area contributed by atoms with Crippen LogP contribution >= 0.6 is 0 Å². The van der Waals surface area contributed by atoms with Gasteiger partial charge in [-0.1, -0.05) is 25.0 Å². The average molecular weight is 272 g/mol. The van der Waals surface area contributed by atoms with E-state index in [4.69, 9.17) is 0 Å². The fraction of sp³-hybridized carbons (Fsp3) is 0.588. The molecule has 0 radical (unpaired) electrons. The van der Waals surface area contributed by atoms with Gasteiger partial charge in [-0.25, -0.2) is 0 Å². The second kappa shape index (κ2) is 5.96. The largest absolute Gasteiger partial charge is 0.341 e. The maximum Gasteiger partial charge on any atom is 0.253 e. The van der Waals surface area contributed by atoms with E-state index in [0.29, 0.717) is 5.92 Å². The molecule has 2 aliphatic rings. The third kappa shape index (κ3) is 2.73. The molecule has 1 aromatic carbocycles. The number of nitrogens with one attached hydrogen (secondary N) is 1. The highest BCUT2D eigenvalue weighted by Gasteiger charge is 2.23. The fourth-order valence-electron chi connectivity index (χ4n) is 3.60. The van der Waals surface area contributed by atoms with E-state index in [-0.39, 0.29) is 5.91 Å². The average Bonchev–Trinajstić information content (AvgIpc) is 2.99. The number of carbonyl (C=O) groups is 1. The summed E-state index contributed by atoms with van der Waals surface area (Å²) in [5, 5.41) is 3.37. The van der Waals surface area contributed by atoms with Crippen molar-refractivity contribution in [1.82, 2.24) is 10.2 Å². The minimum absolute atomic E-state index is 0.204. The van der Waals surface area contributed by atoms with Gasteiger partial charge in [0.15, 0.2) is 0 Å². The highest BCUT2D eigenvalue weighted by Crippen LogP contribution is 2.26. The molecule has 1 aliphatic heterocycles. The molecule has 1 heterocycles. The molecule has 0 spiro atoms. The Morgan fingerprint density at radius 2 is 2.15 bits per heavy atom. The summed E-state index contributed by atoms with van der Waals surface area (Å²) in [5.74, 6) is 0.917. The van der Waals surface area contributed by atoms with Crippen molar-refractivity contribution in [2.45, 2.75) is 38.6 Å². The van der Waals surface area contributed by atoms with Gasteiger partial charge in [-0.3, -0.25) is 4.79 Å². The van der Waals surface area contributed by atoms with Gasteiger partial charge in [-0.2, -0.15) is 0 Å². The molecular weight excluding hydrogens is 248 g/mol. The molecule has 1 amide bonds. The SMILES string of the molecule is CN(CC1CCCC1)C(=O)c1cccc2c1CCNC2. The van der Waals surface area contributed by atoms with Crippen LogP contribution in [0, 0.1) is 5.92 Å². The van der Waals surface area contributed by atoms with E-state index in [2.05, 4.69) is 11.4 Å². The Labute approximate surface area is 121 Å². The van der Waals surface area contributed by atoms with Crippen molar-refractivity contribution in [3.05, 3.63) is 34.9 Å². The fourth-order valence-corrected chi connectivity index (χ4v) is 3.60. The molecule has 3 heteroatoms. The van der Waals surface area contributed by atoms with Crippen molar-refractivity contribution in [2.75, 3.05) is 20.1 Å². The molecule has 1 aliphatic carbocycles. The molecule has 1 saturated carbocycles. The Balaban J connectivity index is 1.76. The maximum absolute atomic E-state index is 12.7. The standard InChI is InChI=1S/C17H24N2O/c1-19(12-13-5-2-3-6-13)17(20)16-8-4-7-14-11-18-10-9-15(14)16/h4,7-8,13,18H,2-3,5-6,9-12H2,1H3. The van der Waals surface area contributed by atoms with Crippen LogP contribution < -0.4 is 5.32 Å². The Morgan fingerprint density at radius 3 is 2.95 bits per heavy atom. The number of benzene rings is 1. The summed E-state index contributed by atoms with van der Waals surface area (Å²) >= 11 is 0. The molecular formula is C17H24N2O. The lowest BCUT2D eigenvalue weighted by molar-refractivity contribution is 0.0772. The van der Waals surface area contributed by atoms with Crippen molar-refractivity contribution in [3.63, 3.8) is 0 Å². The van der Waals surface area contributed by atoms with Gasteiger partial charge in [-0.15, -0.1) is 0 Å². The smallest absolute Gasteiger partial charge is 0.253 e. The quantitative estimate of drug-likeness (QED) is 0.917. The first-order valence-electron chi connectivity index (χ1n) is 7.82. The van der Waals surface area contributed by atoms with Gasteiger partial charge in [-0.05, 0) is 48.9 Å². The summed E-state index contributed by atoms with van der Waals surface area (Å²) in [4.78, 5) is 14.6. The summed E-state index contributed by atoms with van der Waals surface area (Å²) in [5.41, 5.74) is 3.47. The summed E-state index contributed by atoms with van der Waals surface area (Å²) in [7, 11) is 1.96. The lowest BCUT2D eigenvalue weighted by Crippen LogP contribution is -2.33. The van der Waals surface area contributed by atoms with E-state index in [9.17, 15) is 4.79 Å². The monoisotopic (exact) mass is 272 g/mol. The first kappa shape index (κ1) is 13.6. The van der Waals surface area contributed by atoms with Crippen molar-refractivity contribution in [3.8, 4) is 0 Å². The normalized spacial score (nSPS) is 18.9. The number of hydrogen-bond donors (Lipinski definition) is 1. The molecule has 108 valence electrons. The Bertz CT molecular complexity index is 492. The van der Waals surface area contributed by atoms with Gasteiger partial charge in [0.1, 0.15) is 0 Å². The molecule has 3 rings (SSSR count). The van der Waals surface area contributed by atoms with Crippen molar-refractivity contribution in [2.24, 2.45) is 5.92 Å². The molecule has 0 bridgehead atoms. The first-order chi connectivity index (χ1) is 9.75. The Hall–Kier alpha value is -1.35. The second-order valence-corrected chi connectivity index (χ2v) is 6.21. The highest BCUT2D eigenvalue weighted by molar-refractivity contribution is 5.96. The molecule has 1 N–H and O–H groups in total. The predicted octanol–water partition coefficient (Wildman–Crippen LogP) is 2.59. The zero-order valence-corrected chi connectivity index (χ0v) is 12.3. The number of rotatable bonds is 3. The van der Waals surface area contributed by atoms with E-state index in [1.807, 2.05) is 24.1 Å². The maximum atomic E-state index is 12.7. The van der Waals surface area contributed by atoms with Gasteiger partial charge in [0.05, 0.1) is 0 Å².